The molecular formula is C18H25N7O3S. The predicted molar refractivity (Wildman–Crippen MR) is 111 cm³/mol. The molecule has 0 unspecified atom stereocenters. The first kappa shape index (κ1) is 20.8. The Labute approximate surface area is 173 Å². The van der Waals surface area contributed by atoms with Gasteiger partial charge in [0.1, 0.15) is 16.4 Å². The molecule has 156 valence electrons. The minimum absolute atomic E-state index is 0.0889. The Bertz CT molecular complexity index is 909. The van der Waals surface area contributed by atoms with Gasteiger partial charge in [-0.05, 0) is 51.7 Å². The van der Waals surface area contributed by atoms with Crippen molar-refractivity contribution < 1.29 is 14.3 Å². The van der Waals surface area contributed by atoms with Gasteiger partial charge in [-0.1, -0.05) is 0 Å². The zero-order valence-corrected chi connectivity index (χ0v) is 17.7. The number of hydrogen-bond acceptors (Lipinski definition) is 9. The van der Waals surface area contributed by atoms with Crippen molar-refractivity contribution in [3.05, 3.63) is 23.5 Å². The molecule has 11 heteroatoms. The van der Waals surface area contributed by atoms with Crippen LogP contribution in [0.3, 0.4) is 0 Å². The van der Waals surface area contributed by atoms with E-state index >= 15 is 0 Å². The van der Waals surface area contributed by atoms with E-state index in [1.807, 2.05) is 33.8 Å². The molecule has 3 rings (SSSR count). The van der Waals surface area contributed by atoms with E-state index in [4.69, 9.17) is 10.5 Å². The SMILES string of the molecule is Cc1cc(Nc2ncc(C(N)=O)c(N[C@@H]3CCN(C(=O)OC(C)(C)C)C3)n2)sn1. The Morgan fingerprint density at radius 1 is 1.38 bits per heavy atom. The summed E-state index contributed by atoms with van der Waals surface area (Å²) in [5.41, 5.74) is 5.99. The largest absolute Gasteiger partial charge is 0.444 e. The molecule has 0 bridgehead atoms. The molecule has 2 aromatic heterocycles. The van der Waals surface area contributed by atoms with Crippen molar-refractivity contribution in [2.24, 2.45) is 5.73 Å². The highest BCUT2D eigenvalue weighted by molar-refractivity contribution is 7.10. The highest BCUT2D eigenvalue weighted by atomic mass is 32.1. The van der Waals surface area contributed by atoms with Gasteiger partial charge in [0.2, 0.25) is 5.95 Å². The molecule has 0 radical (unpaired) electrons. The fourth-order valence-electron chi connectivity index (χ4n) is 2.83. The molecule has 10 nitrogen and oxygen atoms in total. The van der Waals surface area contributed by atoms with E-state index in [1.54, 1.807) is 4.90 Å². The van der Waals surface area contributed by atoms with Crippen molar-refractivity contribution >= 4 is 40.3 Å². The maximum atomic E-state index is 12.3. The second kappa shape index (κ2) is 8.19. The van der Waals surface area contributed by atoms with Crippen LogP contribution >= 0.6 is 11.5 Å². The number of amides is 2. The van der Waals surface area contributed by atoms with Gasteiger partial charge in [0.25, 0.3) is 5.91 Å². The van der Waals surface area contributed by atoms with E-state index < -0.39 is 11.5 Å². The zero-order valence-electron chi connectivity index (χ0n) is 16.9. The number of aromatic nitrogens is 3. The molecule has 1 aliphatic rings. The maximum Gasteiger partial charge on any atom is 0.410 e. The highest BCUT2D eigenvalue weighted by Gasteiger charge is 2.30. The number of aryl methyl sites for hydroxylation is 1. The van der Waals surface area contributed by atoms with Gasteiger partial charge in [0, 0.05) is 25.3 Å². The van der Waals surface area contributed by atoms with Crippen LogP contribution in [0.1, 0.15) is 43.2 Å². The molecule has 1 saturated heterocycles. The number of ether oxygens (including phenoxy) is 1. The molecule has 0 aromatic carbocycles. The highest BCUT2D eigenvalue weighted by Crippen LogP contribution is 2.23. The standard InChI is InChI=1S/C18H25N7O3S/c1-10-7-13(29-24-10)22-16-20-8-12(14(19)26)15(23-16)21-11-5-6-25(9-11)17(27)28-18(2,3)4/h7-8,11H,5-6,9H2,1-4H3,(H2,19,26)(H2,20,21,22,23)/t11-/m1/s1. The number of likely N-dealkylation sites (tertiary alicyclic amines) is 1. The number of primary amides is 1. The lowest BCUT2D eigenvalue weighted by molar-refractivity contribution is 0.0293. The Kier molecular flexibility index (Phi) is 5.87. The zero-order chi connectivity index (χ0) is 21.2. The van der Waals surface area contributed by atoms with E-state index in [0.29, 0.717) is 31.3 Å². The van der Waals surface area contributed by atoms with Crippen LogP contribution in [-0.2, 0) is 4.74 Å². The molecule has 1 aliphatic heterocycles. The van der Waals surface area contributed by atoms with Gasteiger partial charge < -0.3 is 26.0 Å². The van der Waals surface area contributed by atoms with E-state index in [2.05, 4.69) is 25.0 Å². The molecule has 2 amide bonds. The average molecular weight is 420 g/mol. The number of nitrogens with one attached hydrogen (secondary N) is 2. The van der Waals surface area contributed by atoms with Gasteiger partial charge in [0.15, 0.2) is 0 Å². The molecule has 0 saturated carbocycles. The average Bonchev–Trinajstić information content (AvgIpc) is 3.22. The van der Waals surface area contributed by atoms with Gasteiger partial charge in [-0.15, -0.1) is 0 Å². The Hall–Kier alpha value is -2.95. The molecule has 2 aromatic rings. The fourth-order valence-corrected chi connectivity index (χ4v) is 3.48. The third kappa shape index (κ3) is 5.53. The normalized spacial score (nSPS) is 16.6. The molecular weight excluding hydrogens is 394 g/mol. The summed E-state index contributed by atoms with van der Waals surface area (Å²) in [6.45, 7) is 8.37. The van der Waals surface area contributed by atoms with Crippen molar-refractivity contribution in [1.82, 2.24) is 19.2 Å². The minimum Gasteiger partial charge on any atom is -0.444 e. The minimum atomic E-state index is -0.630. The molecule has 0 aliphatic carbocycles. The van der Waals surface area contributed by atoms with Crippen molar-refractivity contribution in [3.8, 4) is 0 Å². The Morgan fingerprint density at radius 2 is 2.14 bits per heavy atom. The van der Waals surface area contributed by atoms with E-state index in [-0.39, 0.29) is 17.7 Å². The summed E-state index contributed by atoms with van der Waals surface area (Å²) in [7, 11) is 0. The lowest BCUT2D eigenvalue weighted by Crippen LogP contribution is -2.36. The summed E-state index contributed by atoms with van der Waals surface area (Å²) in [6, 6.07) is 1.78. The first-order chi connectivity index (χ1) is 13.6. The topological polar surface area (TPSA) is 135 Å². The summed E-state index contributed by atoms with van der Waals surface area (Å²) in [6.07, 6.45) is 1.72. The van der Waals surface area contributed by atoms with Gasteiger partial charge >= 0.3 is 6.09 Å². The molecule has 0 spiro atoms. The third-order valence-corrected chi connectivity index (χ3v) is 4.89. The smallest absolute Gasteiger partial charge is 0.410 e. The number of rotatable bonds is 5. The quantitative estimate of drug-likeness (QED) is 0.673. The van der Waals surface area contributed by atoms with E-state index in [1.165, 1.54) is 17.7 Å². The van der Waals surface area contributed by atoms with Crippen LogP contribution in [0.2, 0.25) is 0 Å². The third-order valence-electron chi connectivity index (χ3n) is 4.10. The number of nitrogens with zero attached hydrogens (tertiary/aromatic N) is 4. The molecule has 3 heterocycles. The van der Waals surface area contributed by atoms with Crippen LogP contribution < -0.4 is 16.4 Å². The molecule has 29 heavy (non-hydrogen) atoms. The molecule has 4 N–H and O–H groups in total. The van der Waals surface area contributed by atoms with Crippen molar-refractivity contribution in [3.63, 3.8) is 0 Å². The van der Waals surface area contributed by atoms with Gasteiger partial charge in [-0.2, -0.15) is 9.36 Å². The summed E-state index contributed by atoms with van der Waals surface area (Å²) >= 11 is 1.29. The second-order valence-corrected chi connectivity index (χ2v) is 8.64. The maximum absolute atomic E-state index is 12.3. The van der Waals surface area contributed by atoms with Crippen LogP contribution in [0.5, 0.6) is 0 Å². The van der Waals surface area contributed by atoms with Crippen LogP contribution in [0.4, 0.5) is 21.6 Å². The number of hydrogen-bond donors (Lipinski definition) is 3. The first-order valence-electron chi connectivity index (χ1n) is 9.22. The molecule has 1 atom stereocenters. The van der Waals surface area contributed by atoms with Crippen LogP contribution in [-0.4, -0.2) is 56.0 Å². The van der Waals surface area contributed by atoms with Gasteiger partial charge in [-0.3, -0.25) is 4.79 Å². The first-order valence-corrected chi connectivity index (χ1v) is 10.00. The Morgan fingerprint density at radius 3 is 2.76 bits per heavy atom. The summed E-state index contributed by atoms with van der Waals surface area (Å²) < 4.78 is 9.61. The lowest BCUT2D eigenvalue weighted by Gasteiger charge is -2.24. The van der Waals surface area contributed by atoms with Crippen molar-refractivity contribution in [1.29, 1.82) is 0 Å². The van der Waals surface area contributed by atoms with Crippen LogP contribution in [0.25, 0.3) is 0 Å². The van der Waals surface area contributed by atoms with Gasteiger partial charge in [0.05, 0.1) is 11.3 Å². The van der Waals surface area contributed by atoms with Crippen LogP contribution in [0.15, 0.2) is 12.3 Å². The summed E-state index contributed by atoms with van der Waals surface area (Å²) in [4.78, 5) is 34.2. The predicted octanol–water partition coefficient (Wildman–Crippen LogP) is 2.51. The fraction of sp³-hybridized carbons (Fsp3) is 0.500. The molecule has 1 fully saturated rings. The van der Waals surface area contributed by atoms with Crippen LogP contribution in [0, 0.1) is 6.92 Å². The monoisotopic (exact) mass is 419 g/mol. The van der Waals surface area contributed by atoms with E-state index in [0.717, 1.165) is 10.7 Å². The summed E-state index contributed by atoms with van der Waals surface area (Å²) in [5, 5.41) is 7.07. The van der Waals surface area contributed by atoms with Crippen molar-refractivity contribution in [2.75, 3.05) is 23.7 Å². The lowest BCUT2D eigenvalue weighted by atomic mass is 10.2. The summed E-state index contributed by atoms with van der Waals surface area (Å²) in [5.74, 6) is 0.0186. The van der Waals surface area contributed by atoms with E-state index in [9.17, 15) is 9.59 Å². The second-order valence-electron chi connectivity index (χ2n) is 7.83. The number of anilines is 3. The number of carbonyl (C=O) groups is 2. The number of nitrogens with two attached hydrogens (primary N) is 1. The number of carbonyl (C=O) groups excluding carboxylic acids is 2. The Balaban J connectivity index is 1.71. The van der Waals surface area contributed by atoms with Gasteiger partial charge in [-0.25, -0.2) is 9.78 Å². The van der Waals surface area contributed by atoms with Crippen molar-refractivity contribution in [2.45, 2.75) is 45.8 Å².